The largest absolute Gasteiger partial charge is 0.388 e. The van der Waals surface area contributed by atoms with Gasteiger partial charge in [0.05, 0.1) is 17.4 Å². The second-order valence-electron chi connectivity index (χ2n) is 3.97. The summed E-state index contributed by atoms with van der Waals surface area (Å²) in [5.41, 5.74) is -0.992. The Bertz CT molecular complexity index is 392. The number of carbonyl (C=O) groups is 1. The normalized spacial score (nSPS) is 11.3. The zero-order valence-corrected chi connectivity index (χ0v) is 10.0. The molecule has 0 saturated heterocycles. The van der Waals surface area contributed by atoms with Gasteiger partial charge in [-0.3, -0.25) is 9.78 Å². The van der Waals surface area contributed by atoms with Gasteiger partial charge in [0.25, 0.3) is 5.91 Å². The summed E-state index contributed by atoms with van der Waals surface area (Å²) in [6.07, 6.45) is 3.40. The van der Waals surface area contributed by atoms with Crippen LogP contribution in [0, 0.1) is 5.82 Å². The molecular weight excluding hydrogens is 223 g/mol. The number of rotatable bonds is 5. The Balaban J connectivity index is 2.65. The number of aromatic nitrogens is 1. The zero-order valence-electron chi connectivity index (χ0n) is 10.0. The van der Waals surface area contributed by atoms with E-state index in [9.17, 15) is 14.3 Å². The molecule has 17 heavy (non-hydrogen) atoms. The first-order chi connectivity index (χ1) is 8.02. The van der Waals surface area contributed by atoms with Crippen LogP contribution >= 0.6 is 0 Å². The smallest absolute Gasteiger partial charge is 0.254 e. The molecule has 0 aliphatic heterocycles. The molecule has 1 rings (SSSR count). The number of carbonyl (C=O) groups excluding carboxylic acids is 1. The molecule has 4 nitrogen and oxygen atoms in total. The van der Waals surface area contributed by atoms with E-state index in [2.05, 4.69) is 10.3 Å². The van der Waals surface area contributed by atoms with Gasteiger partial charge in [-0.05, 0) is 18.9 Å². The Morgan fingerprint density at radius 2 is 2.18 bits per heavy atom. The molecule has 0 spiro atoms. The second-order valence-corrected chi connectivity index (χ2v) is 3.97. The Kier molecular flexibility index (Phi) is 4.57. The van der Waals surface area contributed by atoms with Gasteiger partial charge in [-0.25, -0.2) is 4.39 Å². The van der Waals surface area contributed by atoms with E-state index >= 15 is 0 Å². The van der Waals surface area contributed by atoms with Gasteiger partial charge in [-0.2, -0.15) is 0 Å². The van der Waals surface area contributed by atoms with Crippen LogP contribution < -0.4 is 5.32 Å². The maximum atomic E-state index is 13.2. The number of amides is 1. The Morgan fingerprint density at radius 3 is 2.71 bits per heavy atom. The van der Waals surface area contributed by atoms with Crippen molar-refractivity contribution in [3.8, 4) is 0 Å². The SMILES string of the molecule is CCC(O)(CC)CNC(=O)c1ccncc1F. The van der Waals surface area contributed by atoms with Gasteiger partial charge >= 0.3 is 0 Å². The van der Waals surface area contributed by atoms with E-state index in [1.807, 2.05) is 13.8 Å². The number of nitrogens with zero attached hydrogens (tertiary/aromatic N) is 1. The molecule has 0 fully saturated rings. The number of nitrogens with one attached hydrogen (secondary N) is 1. The van der Waals surface area contributed by atoms with Gasteiger partial charge in [-0.15, -0.1) is 0 Å². The van der Waals surface area contributed by atoms with Gasteiger partial charge < -0.3 is 10.4 Å². The summed E-state index contributed by atoms with van der Waals surface area (Å²) in [5, 5.41) is 12.5. The molecule has 0 radical (unpaired) electrons. The highest BCUT2D eigenvalue weighted by Crippen LogP contribution is 2.13. The number of hydrogen-bond donors (Lipinski definition) is 2. The Hall–Kier alpha value is -1.49. The quantitative estimate of drug-likeness (QED) is 0.820. The molecule has 0 saturated carbocycles. The van der Waals surface area contributed by atoms with Crippen molar-refractivity contribution in [1.82, 2.24) is 10.3 Å². The van der Waals surface area contributed by atoms with Crippen molar-refractivity contribution in [3.05, 3.63) is 29.8 Å². The van der Waals surface area contributed by atoms with Crippen molar-refractivity contribution in [2.45, 2.75) is 32.3 Å². The molecular formula is C12H17FN2O2. The summed E-state index contributed by atoms with van der Waals surface area (Å²) in [4.78, 5) is 15.2. The second kappa shape index (κ2) is 5.72. The molecule has 0 aromatic carbocycles. The van der Waals surface area contributed by atoms with Crippen molar-refractivity contribution in [1.29, 1.82) is 0 Å². The molecule has 94 valence electrons. The maximum Gasteiger partial charge on any atom is 0.254 e. The van der Waals surface area contributed by atoms with Crippen LogP contribution in [0.15, 0.2) is 18.5 Å². The standard InChI is InChI=1S/C12H17FN2O2/c1-3-12(17,4-2)8-15-11(16)9-5-6-14-7-10(9)13/h5-7,17H,3-4,8H2,1-2H3,(H,15,16). The fourth-order valence-corrected chi connectivity index (χ4v) is 1.40. The van der Waals surface area contributed by atoms with Crippen LogP contribution in [0.4, 0.5) is 4.39 Å². The van der Waals surface area contributed by atoms with Crippen molar-refractivity contribution >= 4 is 5.91 Å². The van der Waals surface area contributed by atoms with Crippen molar-refractivity contribution in [3.63, 3.8) is 0 Å². The average molecular weight is 240 g/mol. The highest BCUT2D eigenvalue weighted by Gasteiger charge is 2.23. The van der Waals surface area contributed by atoms with Crippen LogP contribution in [-0.2, 0) is 0 Å². The fraction of sp³-hybridized carbons (Fsp3) is 0.500. The summed E-state index contributed by atoms with van der Waals surface area (Å²) < 4.78 is 13.2. The van der Waals surface area contributed by atoms with Crippen molar-refractivity contribution in [2.24, 2.45) is 0 Å². The van der Waals surface area contributed by atoms with Crippen LogP contribution in [0.2, 0.25) is 0 Å². The van der Waals surface area contributed by atoms with Gasteiger partial charge in [0.15, 0.2) is 5.82 Å². The Labute approximate surface area is 99.9 Å². The average Bonchev–Trinajstić information content (AvgIpc) is 2.36. The minimum Gasteiger partial charge on any atom is -0.388 e. The fourth-order valence-electron chi connectivity index (χ4n) is 1.40. The van der Waals surface area contributed by atoms with E-state index in [1.165, 1.54) is 12.3 Å². The third kappa shape index (κ3) is 3.49. The predicted octanol–water partition coefficient (Wildman–Crippen LogP) is 1.50. The molecule has 1 amide bonds. The zero-order chi connectivity index (χ0) is 12.9. The lowest BCUT2D eigenvalue weighted by Gasteiger charge is -2.25. The lowest BCUT2D eigenvalue weighted by atomic mass is 9.97. The van der Waals surface area contributed by atoms with Crippen molar-refractivity contribution < 1.29 is 14.3 Å². The van der Waals surface area contributed by atoms with Gasteiger partial charge in [0.1, 0.15) is 0 Å². The molecule has 2 N–H and O–H groups in total. The molecule has 1 heterocycles. The van der Waals surface area contributed by atoms with Crippen LogP contribution in [0.3, 0.4) is 0 Å². The summed E-state index contributed by atoms with van der Waals surface area (Å²) in [6.45, 7) is 3.78. The third-order valence-corrected chi connectivity index (χ3v) is 2.91. The van der Waals surface area contributed by atoms with E-state index in [4.69, 9.17) is 0 Å². The minimum absolute atomic E-state index is 0.0606. The number of pyridine rings is 1. The first kappa shape index (κ1) is 13.6. The lowest BCUT2D eigenvalue weighted by molar-refractivity contribution is 0.0313. The third-order valence-electron chi connectivity index (χ3n) is 2.91. The van der Waals surface area contributed by atoms with Gasteiger partial charge in [-0.1, -0.05) is 13.8 Å². The first-order valence-electron chi connectivity index (χ1n) is 5.62. The molecule has 5 heteroatoms. The molecule has 1 aromatic rings. The molecule has 1 aromatic heterocycles. The van der Waals surface area contributed by atoms with Crippen LogP contribution in [-0.4, -0.2) is 28.1 Å². The summed E-state index contributed by atoms with van der Waals surface area (Å²) in [7, 11) is 0. The molecule has 0 aliphatic rings. The number of hydrogen-bond acceptors (Lipinski definition) is 3. The highest BCUT2D eigenvalue weighted by molar-refractivity contribution is 5.94. The maximum absolute atomic E-state index is 13.2. The Morgan fingerprint density at radius 1 is 1.53 bits per heavy atom. The van der Waals surface area contributed by atoms with Crippen LogP contribution in [0.25, 0.3) is 0 Å². The topological polar surface area (TPSA) is 62.2 Å². The number of aliphatic hydroxyl groups is 1. The molecule has 0 atom stereocenters. The molecule has 0 aliphatic carbocycles. The predicted molar refractivity (Wildman–Crippen MR) is 62.1 cm³/mol. The van der Waals surface area contributed by atoms with Crippen molar-refractivity contribution in [2.75, 3.05) is 6.54 Å². The summed E-state index contributed by atoms with van der Waals surface area (Å²) in [6, 6.07) is 1.31. The molecule has 0 bridgehead atoms. The number of halogens is 1. The highest BCUT2D eigenvalue weighted by atomic mass is 19.1. The first-order valence-corrected chi connectivity index (χ1v) is 5.62. The minimum atomic E-state index is -0.931. The van der Waals surface area contributed by atoms with E-state index < -0.39 is 17.3 Å². The lowest BCUT2D eigenvalue weighted by Crippen LogP contribution is -2.42. The van der Waals surface area contributed by atoms with Crippen LogP contribution in [0.1, 0.15) is 37.0 Å². The monoisotopic (exact) mass is 240 g/mol. The van der Waals surface area contributed by atoms with Crippen LogP contribution in [0.5, 0.6) is 0 Å². The van der Waals surface area contributed by atoms with E-state index in [0.717, 1.165) is 6.20 Å². The molecule has 0 unspecified atom stereocenters. The van der Waals surface area contributed by atoms with Gasteiger partial charge in [0, 0.05) is 12.7 Å². The van der Waals surface area contributed by atoms with E-state index in [0.29, 0.717) is 12.8 Å². The van der Waals surface area contributed by atoms with E-state index in [1.54, 1.807) is 0 Å². The van der Waals surface area contributed by atoms with E-state index in [-0.39, 0.29) is 12.1 Å². The summed E-state index contributed by atoms with van der Waals surface area (Å²) >= 11 is 0. The van der Waals surface area contributed by atoms with Gasteiger partial charge in [0.2, 0.25) is 0 Å². The summed E-state index contributed by atoms with van der Waals surface area (Å²) in [5.74, 6) is -1.20.